The molecular weight excluding hydrogens is 336 g/mol. The van der Waals surface area contributed by atoms with Crippen molar-refractivity contribution in [3.05, 3.63) is 41.6 Å². The lowest BCUT2D eigenvalue weighted by molar-refractivity contribution is 0.0696. The van der Waals surface area contributed by atoms with Gasteiger partial charge in [-0.3, -0.25) is 9.78 Å². The third-order valence-corrected chi connectivity index (χ3v) is 6.49. The predicted molar refractivity (Wildman–Crippen MR) is 99.5 cm³/mol. The van der Waals surface area contributed by atoms with E-state index in [1.807, 2.05) is 37.3 Å². The van der Waals surface area contributed by atoms with Crippen molar-refractivity contribution in [3.8, 4) is 0 Å². The highest BCUT2D eigenvalue weighted by atomic mass is 32.2. The molecule has 2 heterocycles. The molecule has 0 bridgehead atoms. The van der Waals surface area contributed by atoms with Gasteiger partial charge in [0.05, 0.1) is 22.6 Å². The maximum absolute atomic E-state index is 13.3. The topological polar surface area (TPSA) is 67.3 Å². The molecule has 0 N–H and O–H groups in total. The predicted octanol–water partition coefficient (Wildman–Crippen LogP) is 2.97. The normalized spacial score (nSPS) is 19.2. The van der Waals surface area contributed by atoms with Crippen molar-refractivity contribution >= 4 is 26.6 Å². The van der Waals surface area contributed by atoms with Crippen LogP contribution in [-0.2, 0) is 9.84 Å². The second-order valence-electron chi connectivity index (χ2n) is 6.74. The van der Waals surface area contributed by atoms with E-state index in [4.69, 9.17) is 0 Å². The Kier molecular flexibility index (Phi) is 5.08. The zero-order valence-electron chi connectivity index (χ0n) is 14.7. The highest BCUT2D eigenvalue weighted by Crippen LogP contribution is 2.24. The summed E-state index contributed by atoms with van der Waals surface area (Å²) >= 11 is 0. The van der Waals surface area contributed by atoms with Gasteiger partial charge in [-0.25, -0.2) is 8.42 Å². The Morgan fingerprint density at radius 3 is 2.76 bits per heavy atom. The van der Waals surface area contributed by atoms with Crippen LogP contribution in [0.3, 0.4) is 0 Å². The lowest BCUT2D eigenvalue weighted by Crippen LogP contribution is -2.42. The number of pyridine rings is 1. The Bertz CT molecular complexity index is 893. The van der Waals surface area contributed by atoms with Crippen molar-refractivity contribution in [3.63, 3.8) is 0 Å². The summed E-state index contributed by atoms with van der Waals surface area (Å²) in [6.07, 6.45) is 2.35. The average molecular weight is 360 g/mol. The second kappa shape index (κ2) is 7.12. The van der Waals surface area contributed by atoms with Gasteiger partial charge in [-0.15, -0.1) is 0 Å². The SMILES string of the molecule is CCCCN(C(=O)c1cc(C)nc2ccccc12)C1CCS(=O)(=O)C1. The number of hydrogen-bond acceptors (Lipinski definition) is 4. The van der Waals surface area contributed by atoms with E-state index in [1.54, 1.807) is 4.90 Å². The molecule has 1 aliphatic rings. The smallest absolute Gasteiger partial charge is 0.254 e. The van der Waals surface area contributed by atoms with Crippen molar-refractivity contribution in [1.29, 1.82) is 0 Å². The van der Waals surface area contributed by atoms with E-state index in [-0.39, 0.29) is 23.5 Å². The Labute approximate surface area is 149 Å². The standard InChI is InChI=1S/C19H24N2O3S/c1-3-4-10-21(15-9-11-25(23,24)13-15)19(22)17-12-14(2)20-18-8-6-5-7-16(17)18/h5-8,12,15H,3-4,9-11,13H2,1-2H3. The molecule has 2 aromatic rings. The van der Waals surface area contributed by atoms with Crippen LogP contribution in [0, 0.1) is 6.92 Å². The van der Waals surface area contributed by atoms with Crippen molar-refractivity contribution in [2.45, 2.75) is 39.2 Å². The van der Waals surface area contributed by atoms with Gasteiger partial charge in [-0.1, -0.05) is 31.5 Å². The van der Waals surface area contributed by atoms with E-state index < -0.39 is 9.84 Å². The molecule has 1 atom stereocenters. The number of aromatic nitrogens is 1. The van der Waals surface area contributed by atoms with Crippen LogP contribution in [0.2, 0.25) is 0 Å². The minimum absolute atomic E-state index is 0.0739. The summed E-state index contributed by atoms with van der Waals surface area (Å²) in [6, 6.07) is 9.19. The molecule has 1 fully saturated rings. The van der Waals surface area contributed by atoms with Gasteiger partial charge in [0, 0.05) is 23.7 Å². The first-order valence-electron chi connectivity index (χ1n) is 8.79. The molecule has 6 heteroatoms. The average Bonchev–Trinajstić information content (AvgIpc) is 2.94. The summed E-state index contributed by atoms with van der Waals surface area (Å²) in [5.41, 5.74) is 2.19. The summed E-state index contributed by atoms with van der Waals surface area (Å²) in [5.74, 6) is 0.158. The quantitative estimate of drug-likeness (QED) is 0.822. The fourth-order valence-electron chi connectivity index (χ4n) is 3.44. The lowest BCUT2D eigenvalue weighted by atomic mass is 10.0. The van der Waals surface area contributed by atoms with Crippen LogP contribution in [0.4, 0.5) is 0 Å². The molecule has 1 amide bonds. The Balaban J connectivity index is 2.00. The van der Waals surface area contributed by atoms with E-state index in [9.17, 15) is 13.2 Å². The molecule has 134 valence electrons. The highest BCUT2D eigenvalue weighted by Gasteiger charge is 2.35. The zero-order chi connectivity index (χ0) is 18.0. The Morgan fingerprint density at radius 1 is 1.32 bits per heavy atom. The van der Waals surface area contributed by atoms with Gasteiger partial charge < -0.3 is 4.90 Å². The second-order valence-corrected chi connectivity index (χ2v) is 8.97. The largest absolute Gasteiger partial charge is 0.335 e. The molecule has 1 aromatic carbocycles. The monoisotopic (exact) mass is 360 g/mol. The molecule has 0 spiro atoms. The van der Waals surface area contributed by atoms with Gasteiger partial charge in [0.25, 0.3) is 5.91 Å². The van der Waals surface area contributed by atoms with Crippen LogP contribution in [0.5, 0.6) is 0 Å². The number of rotatable bonds is 5. The van der Waals surface area contributed by atoms with E-state index in [2.05, 4.69) is 11.9 Å². The van der Waals surface area contributed by atoms with Gasteiger partial charge in [-0.05, 0) is 31.9 Å². The summed E-state index contributed by atoms with van der Waals surface area (Å²) in [6.45, 7) is 4.53. The zero-order valence-corrected chi connectivity index (χ0v) is 15.6. The highest BCUT2D eigenvalue weighted by molar-refractivity contribution is 7.91. The number of carbonyl (C=O) groups excluding carboxylic acids is 1. The van der Waals surface area contributed by atoms with Gasteiger partial charge in [0.15, 0.2) is 9.84 Å². The van der Waals surface area contributed by atoms with Crippen LogP contribution in [0.1, 0.15) is 42.2 Å². The summed E-state index contributed by atoms with van der Waals surface area (Å²) in [4.78, 5) is 19.6. The number of unbranched alkanes of at least 4 members (excludes halogenated alkanes) is 1. The molecular formula is C19H24N2O3S. The van der Waals surface area contributed by atoms with Crippen LogP contribution < -0.4 is 0 Å². The first-order chi connectivity index (χ1) is 11.9. The summed E-state index contributed by atoms with van der Waals surface area (Å²) in [7, 11) is -3.04. The Hall–Kier alpha value is -1.95. The van der Waals surface area contributed by atoms with E-state index in [1.165, 1.54) is 0 Å². The molecule has 5 nitrogen and oxygen atoms in total. The number of amides is 1. The fraction of sp³-hybridized carbons (Fsp3) is 0.474. The van der Waals surface area contributed by atoms with Crippen molar-refractivity contribution in [2.75, 3.05) is 18.1 Å². The summed E-state index contributed by atoms with van der Waals surface area (Å²) in [5, 5.41) is 0.820. The molecule has 25 heavy (non-hydrogen) atoms. The minimum Gasteiger partial charge on any atom is -0.335 e. The number of para-hydroxylation sites is 1. The number of benzene rings is 1. The van der Waals surface area contributed by atoms with Crippen LogP contribution >= 0.6 is 0 Å². The van der Waals surface area contributed by atoms with Crippen molar-refractivity contribution in [1.82, 2.24) is 9.88 Å². The van der Waals surface area contributed by atoms with Crippen LogP contribution in [0.25, 0.3) is 10.9 Å². The molecule has 1 aromatic heterocycles. The molecule has 3 rings (SSSR count). The van der Waals surface area contributed by atoms with Crippen molar-refractivity contribution in [2.24, 2.45) is 0 Å². The third kappa shape index (κ3) is 3.84. The number of hydrogen-bond donors (Lipinski definition) is 0. The fourth-order valence-corrected chi connectivity index (χ4v) is 5.17. The van der Waals surface area contributed by atoms with Gasteiger partial charge in [0.2, 0.25) is 0 Å². The van der Waals surface area contributed by atoms with Gasteiger partial charge >= 0.3 is 0 Å². The van der Waals surface area contributed by atoms with Gasteiger partial charge in [0.1, 0.15) is 0 Å². The minimum atomic E-state index is -3.04. The van der Waals surface area contributed by atoms with Gasteiger partial charge in [-0.2, -0.15) is 0 Å². The van der Waals surface area contributed by atoms with Crippen LogP contribution in [-0.4, -0.2) is 48.3 Å². The Morgan fingerprint density at radius 2 is 2.08 bits per heavy atom. The number of aryl methyl sites for hydroxylation is 1. The first-order valence-corrected chi connectivity index (χ1v) is 10.6. The van der Waals surface area contributed by atoms with E-state index in [0.717, 1.165) is 29.4 Å². The third-order valence-electron chi connectivity index (χ3n) is 4.74. The molecule has 1 saturated heterocycles. The molecule has 0 aliphatic carbocycles. The van der Waals surface area contributed by atoms with Crippen molar-refractivity contribution < 1.29 is 13.2 Å². The maximum atomic E-state index is 13.3. The number of fused-ring (bicyclic) bond motifs is 1. The maximum Gasteiger partial charge on any atom is 0.254 e. The number of carbonyl (C=O) groups is 1. The summed E-state index contributed by atoms with van der Waals surface area (Å²) < 4.78 is 23.8. The van der Waals surface area contributed by atoms with E-state index >= 15 is 0 Å². The number of nitrogens with zero attached hydrogens (tertiary/aromatic N) is 2. The number of sulfone groups is 1. The molecule has 1 unspecified atom stereocenters. The van der Waals surface area contributed by atoms with Crippen LogP contribution in [0.15, 0.2) is 30.3 Å². The molecule has 1 aliphatic heterocycles. The first kappa shape index (κ1) is 17.9. The molecule has 0 radical (unpaired) electrons. The van der Waals surface area contributed by atoms with E-state index in [0.29, 0.717) is 18.5 Å². The molecule has 0 saturated carbocycles. The lowest BCUT2D eigenvalue weighted by Gasteiger charge is -2.29.